The third kappa shape index (κ3) is 5.50. The molecule has 252 valence electrons. The van der Waals surface area contributed by atoms with Gasteiger partial charge in [0.1, 0.15) is 23.4 Å². The van der Waals surface area contributed by atoms with Crippen molar-refractivity contribution in [1.82, 2.24) is 20.4 Å². The molecule has 0 unspecified atom stereocenters. The number of benzene rings is 2. The minimum atomic E-state index is -0.976. The molecular formula is C34H43N5O8. The molecule has 0 spiro atoms. The Morgan fingerprint density at radius 2 is 1.72 bits per heavy atom. The number of carbonyl (C=O) groups excluding carboxylic acids is 2. The number of nitriles is 1. The summed E-state index contributed by atoms with van der Waals surface area (Å²) in [5.74, 6) is -0.475. The van der Waals surface area contributed by atoms with Gasteiger partial charge in [-0.25, -0.2) is 4.79 Å². The zero-order valence-electron chi connectivity index (χ0n) is 28.2. The van der Waals surface area contributed by atoms with E-state index in [1.807, 2.05) is 29.8 Å². The molecule has 13 heteroatoms. The summed E-state index contributed by atoms with van der Waals surface area (Å²) < 4.78 is 16.3. The zero-order valence-corrected chi connectivity index (χ0v) is 28.2. The number of nitrogens with one attached hydrogen (secondary N) is 2. The number of piperazine rings is 1. The van der Waals surface area contributed by atoms with E-state index in [4.69, 9.17) is 14.2 Å². The van der Waals surface area contributed by atoms with Crippen LogP contribution in [0.15, 0.2) is 11.8 Å². The summed E-state index contributed by atoms with van der Waals surface area (Å²) in [6.07, 6.45) is 1.42. The van der Waals surface area contributed by atoms with Crippen LogP contribution in [-0.2, 0) is 16.0 Å². The van der Waals surface area contributed by atoms with E-state index in [0.717, 1.165) is 11.1 Å². The lowest BCUT2D eigenvalue weighted by atomic mass is 9.75. The Hall–Kier alpha value is -4.83. The van der Waals surface area contributed by atoms with E-state index < -0.39 is 41.8 Å². The van der Waals surface area contributed by atoms with Crippen LogP contribution >= 0.6 is 0 Å². The van der Waals surface area contributed by atoms with E-state index in [1.54, 1.807) is 33.8 Å². The number of alkyl carbamates (subject to hydrolysis) is 1. The second kappa shape index (κ2) is 12.1. The van der Waals surface area contributed by atoms with Gasteiger partial charge in [-0.15, -0.1) is 0 Å². The third-order valence-electron chi connectivity index (χ3n) is 9.25. The van der Waals surface area contributed by atoms with Crippen molar-refractivity contribution in [3.63, 3.8) is 0 Å². The molecular weight excluding hydrogens is 606 g/mol. The predicted molar refractivity (Wildman–Crippen MR) is 172 cm³/mol. The Morgan fingerprint density at radius 3 is 2.32 bits per heavy atom. The summed E-state index contributed by atoms with van der Waals surface area (Å²) in [4.78, 5) is 29.6. The standard InChI is InChI=1S/C34H43N5O8/c1-15-10-18-11-20-22(13-35)39-21(26(38(20)7)24(18)28(41)30(15)45-8)12-19-25(29(42)31(46-9)16(2)27(19)40)23(39)14-36-32(43)17(3)37-33(44)47-34(4,5)6/h10,12,17,20,22-23,26,40-42H,11,14H2,1-9H3,(H,36,43)(H,37,44)/t17-,20-,22-,23-,26-/m0/s1. The number of aromatic hydroxyl groups is 3. The first-order valence-electron chi connectivity index (χ1n) is 15.5. The average Bonchev–Trinajstić information content (AvgIpc) is 2.98. The number of phenols is 3. The van der Waals surface area contributed by atoms with Crippen molar-refractivity contribution in [2.75, 3.05) is 27.8 Å². The Morgan fingerprint density at radius 1 is 1.09 bits per heavy atom. The first kappa shape index (κ1) is 33.5. The molecule has 0 radical (unpaired) electrons. The van der Waals surface area contributed by atoms with Gasteiger partial charge in [-0.1, -0.05) is 6.07 Å². The van der Waals surface area contributed by atoms with Gasteiger partial charge in [-0.05, 0) is 72.2 Å². The predicted octanol–water partition coefficient (Wildman–Crippen LogP) is 3.67. The van der Waals surface area contributed by atoms with Crippen molar-refractivity contribution in [3.8, 4) is 34.8 Å². The summed E-state index contributed by atoms with van der Waals surface area (Å²) in [5, 5.41) is 50.7. The van der Waals surface area contributed by atoms with Crippen LogP contribution in [0.2, 0.25) is 0 Å². The first-order chi connectivity index (χ1) is 22.1. The van der Waals surface area contributed by atoms with Crippen LogP contribution < -0.4 is 20.1 Å². The quantitative estimate of drug-likeness (QED) is 0.289. The number of hydrogen-bond acceptors (Lipinski definition) is 11. The Labute approximate surface area is 274 Å². The highest BCUT2D eigenvalue weighted by Crippen LogP contribution is 2.58. The molecule has 2 bridgehead atoms. The maximum atomic E-state index is 13.3. The van der Waals surface area contributed by atoms with Crippen molar-refractivity contribution < 1.29 is 39.1 Å². The number of nitrogens with zero attached hydrogens (tertiary/aromatic N) is 3. The number of ether oxygens (including phenoxy) is 3. The van der Waals surface area contributed by atoms with Crippen LogP contribution in [0.5, 0.6) is 28.7 Å². The van der Waals surface area contributed by atoms with Crippen molar-refractivity contribution in [2.24, 2.45) is 0 Å². The van der Waals surface area contributed by atoms with Crippen molar-refractivity contribution in [1.29, 1.82) is 5.26 Å². The van der Waals surface area contributed by atoms with E-state index in [2.05, 4.69) is 16.7 Å². The van der Waals surface area contributed by atoms with Crippen molar-refractivity contribution in [3.05, 3.63) is 45.1 Å². The van der Waals surface area contributed by atoms with Gasteiger partial charge in [0.05, 0.1) is 32.4 Å². The Kier molecular flexibility index (Phi) is 8.62. The molecule has 0 aliphatic carbocycles. The summed E-state index contributed by atoms with van der Waals surface area (Å²) in [7, 11) is 4.76. The lowest BCUT2D eigenvalue weighted by Crippen LogP contribution is -2.62. The fraction of sp³-hybridized carbons (Fsp3) is 0.500. The molecule has 1 saturated heterocycles. The van der Waals surface area contributed by atoms with Crippen LogP contribution in [0.4, 0.5) is 4.79 Å². The lowest BCUT2D eigenvalue weighted by molar-refractivity contribution is -0.123. The number of phenolic OH excluding ortho intramolecular Hbond substituents is 3. The summed E-state index contributed by atoms with van der Waals surface area (Å²) in [6.45, 7) is 10.0. The number of methoxy groups -OCH3 is 2. The number of aryl methyl sites for hydroxylation is 1. The molecule has 2 aromatic rings. The molecule has 5 atom stereocenters. The van der Waals surface area contributed by atoms with Crippen LogP contribution in [0.1, 0.15) is 73.2 Å². The lowest BCUT2D eigenvalue weighted by Gasteiger charge is -2.57. The van der Waals surface area contributed by atoms with Gasteiger partial charge in [0, 0.05) is 40.5 Å². The van der Waals surface area contributed by atoms with Crippen LogP contribution in [0, 0.1) is 25.2 Å². The van der Waals surface area contributed by atoms with Crippen LogP contribution in [0.25, 0.3) is 6.08 Å². The van der Waals surface area contributed by atoms with Gasteiger partial charge in [0.25, 0.3) is 0 Å². The van der Waals surface area contributed by atoms with E-state index in [1.165, 1.54) is 21.1 Å². The first-order valence-corrected chi connectivity index (χ1v) is 15.5. The molecule has 5 rings (SSSR count). The molecule has 2 aromatic carbocycles. The molecule has 0 saturated carbocycles. The van der Waals surface area contributed by atoms with Crippen molar-refractivity contribution in [2.45, 2.75) is 83.8 Å². The number of carbonyl (C=O) groups is 2. The highest BCUT2D eigenvalue weighted by atomic mass is 16.6. The van der Waals surface area contributed by atoms with Gasteiger partial charge < -0.3 is 45.1 Å². The average molecular weight is 650 g/mol. The smallest absolute Gasteiger partial charge is 0.408 e. The molecule has 3 aliphatic rings. The second-order valence-electron chi connectivity index (χ2n) is 13.3. The van der Waals surface area contributed by atoms with Crippen molar-refractivity contribution >= 4 is 18.1 Å². The van der Waals surface area contributed by atoms with Gasteiger partial charge >= 0.3 is 6.09 Å². The van der Waals surface area contributed by atoms with E-state index >= 15 is 0 Å². The second-order valence-corrected chi connectivity index (χ2v) is 13.3. The molecule has 13 nitrogen and oxygen atoms in total. The minimum Gasteiger partial charge on any atom is -0.507 e. The monoisotopic (exact) mass is 649 g/mol. The highest BCUT2D eigenvalue weighted by Gasteiger charge is 2.53. The van der Waals surface area contributed by atoms with E-state index in [0.29, 0.717) is 34.6 Å². The molecule has 0 aromatic heterocycles. The number of rotatable bonds is 6. The largest absolute Gasteiger partial charge is 0.507 e. The van der Waals surface area contributed by atoms with Crippen LogP contribution in [0.3, 0.4) is 0 Å². The molecule has 3 heterocycles. The number of hydrogen-bond donors (Lipinski definition) is 5. The van der Waals surface area contributed by atoms with Gasteiger partial charge in [-0.3, -0.25) is 9.69 Å². The molecule has 2 amide bonds. The summed E-state index contributed by atoms with van der Waals surface area (Å²) >= 11 is 0. The molecule has 5 N–H and O–H groups in total. The van der Waals surface area contributed by atoms with E-state index in [-0.39, 0.29) is 41.1 Å². The number of likely N-dealkylation sites (N-methyl/N-ethyl adjacent to an activating group) is 1. The third-order valence-corrected chi connectivity index (χ3v) is 9.25. The number of amides is 2. The SMILES string of the molecule is COc1c(C)cc2c(c1O)[C@@H]1C3=Cc4c(O)c(C)c(OC)c(O)c4[C@H](CNC(=O)[C@H](C)NC(=O)OC(C)(C)C)N3[C@@H](C#N)[C@H](C2)N1C. The van der Waals surface area contributed by atoms with Crippen LogP contribution in [-0.4, -0.2) is 88.7 Å². The summed E-state index contributed by atoms with van der Waals surface area (Å²) in [6, 6.07) is 0.932. The topological polar surface area (TPSA) is 177 Å². The zero-order chi connectivity index (χ0) is 34.7. The van der Waals surface area contributed by atoms with Gasteiger partial charge in [0.15, 0.2) is 23.0 Å². The fourth-order valence-corrected chi connectivity index (χ4v) is 7.20. The van der Waals surface area contributed by atoms with Gasteiger partial charge in [0.2, 0.25) is 5.91 Å². The maximum Gasteiger partial charge on any atom is 0.408 e. The molecule has 1 fully saturated rings. The Balaban J connectivity index is 1.64. The molecule has 3 aliphatic heterocycles. The highest BCUT2D eigenvalue weighted by molar-refractivity contribution is 5.85. The normalized spacial score (nSPS) is 22.0. The van der Waals surface area contributed by atoms with E-state index in [9.17, 15) is 30.2 Å². The summed E-state index contributed by atoms with van der Waals surface area (Å²) in [5.41, 5.74) is 2.99. The minimum absolute atomic E-state index is 0.00951. The number of fused-ring (bicyclic) bond motifs is 7. The van der Waals surface area contributed by atoms with Gasteiger partial charge in [-0.2, -0.15) is 5.26 Å². The Bertz CT molecular complexity index is 1710. The maximum absolute atomic E-state index is 13.3. The fourth-order valence-electron chi connectivity index (χ4n) is 7.20. The molecule has 47 heavy (non-hydrogen) atoms.